The van der Waals surface area contributed by atoms with Gasteiger partial charge < -0.3 is 25.1 Å². The van der Waals surface area contributed by atoms with Crippen LogP contribution in [0.4, 0.5) is 0 Å². The number of amides is 2. The number of ether oxygens (including phenoxy) is 2. The molecule has 0 aromatic rings. The van der Waals surface area contributed by atoms with Crippen molar-refractivity contribution in [2.24, 2.45) is 41.2 Å². The quantitative estimate of drug-likeness (QED) is 0.118. The first kappa shape index (κ1) is 57.9. The van der Waals surface area contributed by atoms with Crippen LogP contribution in [0, 0.1) is 35.5 Å². The summed E-state index contributed by atoms with van der Waals surface area (Å²) >= 11 is 9.53. The molecule has 0 aromatic carbocycles. The van der Waals surface area contributed by atoms with E-state index in [1.807, 2.05) is 0 Å². The minimum Gasteiger partial charge on any atom is -0.550 e. The Bertz CT molecular complexity index is 1310. The Morgan fingerprint density at radius 1 is 0.633 bits per heavy atom. The molecule has 0 saturated heterocycles. The van der Waals surface area contributed by atoms with E-state index in [9.17, 15) is 28.8 Å². The van der Waals surface area contributed by atoms with Crippen LogP contribution in [-0.2, 0) is 43.0 Å². The molecule has 2 aliphatic heterocycles. The summed E-state index contributed by atoms with van der Waals surface area (Å²) in [7, 11) is 0. The van der Waals surface area contributed by atoms with Gasteiger partial charge in [0.25, 0.3) is 11.8 Å². The topological polar surface area (TPSA) is 190 Å². The van der Waals surface area contributed by atoms with Gasteiger partial charge in [0.2, 0.25) is 0 Å². The second-order valence-corrected chi connectivity index (χ2v) is 17.3. The van der Waals surface area contributed by atoms with E-state index in [2.05, 4.69) is 23.3 Å². The maximum absolute atomic E-state index is 11.8. The van der Waals surface area contributed by atoms with Gasteiger partial charge in [-0.1, -0.05) is 65.2 Å². The predicted molar refractivity (Wildman–Crippen MR) is 227 cm³/mol. The van der Waals surface area contributed by atoms with E-state index >= 15 is 0 Å². The van der Waals surface area contributed by atoms with Crippen LogP contribution >= 0.6 is 23.2 Å². The predicted octanol–water partition coefficient (Wildman–Crippen LogP) is 5.09. The summed E-state index contributed by atoms with van der Waals surface area (Å²) in [5.41, 5.74) is 5.99. The molecule has 336 valence electrons. The number of cyclic esters (lactones) is 2. The van der Waals surface area contributed by atoms with Crippen molar-refractivity contribution in [3.63, 3.8) is 0 Å². The molecule has 0 bridgehead atoms. The SMILES string of the molecule is CC(=O)OC(C)=O.CC(=O)[O-].CCCC1CCC(C2CCC(N)CC2)CC1.CCCC1CCC(C2CCC(N3C(=O)C=CC3=O)CC2)CC1.ClCCl.O=C1C=CC(=O)O1.[Na+]. The number of nitrogens with two attached hydrogens (primary N) is 1. The molecular formula is C45H71Cl2N2NaO10. The van der Waals surface area contributed by atoms with Crippen molar-refractivity contribution in [3.05, 3.63) is 24.3 Å². The van der Waals surface area contributed by atoms with Crippen LogP contribution in [0.15, 0.2) is 24.3 Å². The van der Waals surface area contributed by atoms with E-state index in [1.54, 1.807) is 0 Å². The average Bonchev–Trinajstić information content (AvgIpc) is 3.74. The zero-order valence-corrected chi connectivity index (χ0v) is 40.7. The van der Waals surface area contributed by atoms with Gasteiger partial charge in [-0.3, -0.25) is 24.1 Å². The molecule has 0 atom stereocenters. The molecular weight excluding hydrogens is 822 g/mol. The Balaban J connectivity index is 0.000000798. The van der Waals surface area contributed by atoms with Gasteiger partial charge >= 0.3 is 53.4 Å². The third-order valence-electron chi connectivity index (χ3n) is 12.1. The van der Waals surface area contributed by atoms with Crippen LogP contribution in [0.5, 0.6) is 0 Å². The van der Waals surface area contributed by atoms with Crippen LogP contribution in [0.3, 0.4) is 0 Å². The first-order chi connectivity index (χ1) is 28.0. The number of hydrogen-bond acceptors (Lipinski definition) is 11. The number of hydrogen-bond donors (Lipinski definition) is 1. The molecule has 2 amide bonds. The Labute approximate surface area is 391 Å². The summed E-state index contributed by atoms with van der Waals surface area (Å²) in [6.45, 7) is 7.96. The Morgan fingerprint density at radius 3 is 1.18 bits per heavy atom. The smallest absolute Gasteiger partial charge is 0.550 e. The van der Waals surface area contributed by atoms with Gasteiger partial charge in [0.15, 0.2) is 0 Å². The minimum atomic E-state index is -1.08. The van der Waals surface area contributed by atoms with E-state index < -0.39 is 29.8 Å². The molecule has 12 nitrogen and oxygen atoms in total. The van der Waals surface area contributed by atoms with E-state index in [4.69, 9.17) is 38.8 Å². The molecule has 4 saturated carbocycles. The second kappa shape index (κ2) is 33.5. The summed E-state index contributed by atoms with van der Waals surface area (Å²) < 4.78 is 7.94. The molecule has 60 heavy (non-hydrogen) atoms. The van der Waals surface area contributed by atoms with E-state index in [1.165, 1.54) is 146 Å². The van der Waals surface area contributed by atoms with E-state index in [0.29, 0.717) is 6.04 Å². The minimum absolute atomic E-state index is 0. The van der Waals surface area contributed by atoms with Gasteiger partial charge in [-0.15, -0.1) is 23.2 Å². The molecule has 4 aliphatic carbocycles. The third kappa shape index (κ3) is 25.1. The van der Waals surface area contributed by atoms with Gasteiger partial charge in [0.05, 0.1) is 5.34 Å². The summed E-state index contributed by atoms with van der Waals surface area (Å²) in [4.78, 5) is 73.4. The van der Waals surface area contributed by atoms with Crippen LogP contribution in [-0.4, -0.2) is 64.0 Å². The van der Waals surface area contributed by atoms with Crippen LogP contribution in [0.25, 0.3) is 0 Å². The zero-order valence-electron chi connectivity index (χ0n) is 37.1. The number of nitrogens with zero attached hydrogens (tertiary/aromatic N) is 1. The fourth-order valence-corrected chi connectivity index (χ4v) is 9.44. The molecule has 4 fully saturated rings. The van der Waals surface area contributed by atoms with Gasteiger partial charge in [-0.25, -0.2) is 9.59 Å². The molecule has 0 spiro atoms. The van der Waals surface area contributed by atoms with Crippen molar-refractivity contribution >= 4 is 64.9 Å². The molecule has 6 rings (SSSR count). The molecule has 0 unspecified atom stereocenters. The maximum Gasteiger partial charge on any atom is 1.00 e. The molecule has 2 heterocycles. The van der Waals surface area contributed by atoms with Crippen LogP contribution < -0.4 is 40.4 Å². The number of halogens is 2. The molecule has 6 aliphatic rings. The summed E-state index contributed by atoms with van der Waals surface area (Å²) in [6, 6.07) is 0.676. The van der Waals surface area contributed by atoms with Gasteiger partial charge in [-0.2, -0.15) is 0 Å². The van der Waals surface area contributed by atoms with E-state index in [-0.39, 0.29) is 52.8 Å². The number of carbonyl (C=O) groups is 7. The van der Waals surface area contributed by atoms with Crippen molar-refractivity contribution in [2.45, 2.75) is 175 Å². The fourth-order valence-electron chi connectivity index (χ4n) is 9.44. The van der Waals surface area contributed by atoms with Gasteiger partial charge in [0, 0.05) is 56.2 Å². The van der Waals surface area contributed by atoms with Crippen molar-refractivity contribution < 1.29 is 77.7 Å². The van der Waals surface area contributed by atoms with Gasteiger partial charge in [-0.05, 0) is 119 Å². The largest absolute Gasteiger partial charge is 1.00 e. The van der Waals surface area contributed by atoms with Crippen molar-refractivity contribution in [1.29, 1.82) is 0 Å². The average molecular weight is 894 g/mol. The third-order valence-corrected chi connectivity index (χ3v) is 12.1. The van der Waals surface area contributed by atoms with E-state index in [0.717, 1.165) is 67.4 Å². The van der Waals surface area contributed by atoms with Crippen LogP contribution in [0.1, 0.15) is 163 Å². The Morgan fingerprint density at radius 2 is 0.933 bits per heavy atom. The first-order valence-corrected chi connectivity index (χ1v) is 22.8. The fraction of sp³-hybridized carbons (Fsp3) is 0.756. The Hall–Kier alpha value is -2.09. The zero-order chi connectivity index (χ0) is 44.3. The number of rotatable bonds is 7. The number of carboxylic acids is 1. The first-order valence-electron chi connectivity index (χ1n) is 21.8. The van der Waals surface area contributed by atoms with Crippen LogP contribution in [0.2, 0.25) is 0 Å². The van der Waals surface area contributed by atoms with Crippen molar-refractivity contribution in [1.82, 2.24) is 4.90 Å². The monoisotopic (exact) mass is 892 g/mol. The number of imide groups is 1. The summed E-state index contributed by atoms with van der Waals surface area (Å²) in [5.74, 6) is 2.28. The number of carboxylic acid groups (broad SMARTS) is 1. The molecule has 2 N–H and O–H groups in total. The number of carbonyl (C=O) groups excluding carboxylic acids is 7. The normalized spacial score (nSPS) is 27.8. The number of alkyl halides is 2. The Kier molecular flexibility index (Phi) is 32.3. The van der Waals surface area contributed by atoms with Gasteiger partial charge in [0.1, 0.15) is 0 Å². The molecule has 0 aromatic heterocycles. The van der Waals surface area contributed by atoms with Crippen molar-refractivity contribution in [3.8, 4) is 0 Å². The summed E-state index contributed by atoms with van der Waals surface area (Å²) in [5, 5.41) is 9.08. The maximum atomic E-state index is 11.8. The summed E-state index contributed by atoms with van der Waals surface area (Å²) in [6.07, 6.45) is 32.2. The molecule has 15 heteroatoms. The molecule has 0 radical (unpaired) electrons. The second-order valence-electron chi connectivity index (χ2n) is 16.5. The number of aliphatic carboxylic acids is 1. The standard InChI is InChI=1S/C19H29NO2.C15H29N.C4H2O3.C4H6O3.C2H4O2.CH2Cl2.Na/c1-2-3-14-4-6-15(7-5-14)16-8-10-17(11-9-16)20-18(21)12-13-19(20)22;1-2-3-12-4-6-13(7-5-12)14-8-10-15(16)11-9-14;5-3-1-2-4(6)7-3;1-3(5)7-4(2)6;1-2(3)4;2-1-3;/h12-17H,2-11H2,1H3;12-15H,2-11,16H2,1H3;1-2H;1-2H3;1H3,(H,3,4);1H2;/q;;;;;;+1/p-1. The number of esters is 4. The van der Waals surface area contributed by atoms with Crippen molar-refractivity contribution in [2.75, 3.05) is 5.34 Å².